The van der Waals surface area contributed by atoms with Gasteiger partial charge in [0.25, 0.3) is 0 Å². The fourth-order valence-electron chi connectivity index (χ4n) is 0.975. The summed E-state index contributed by atoms with van der Waals surface area (Å²) in [6, 6.07) is 2.07. The number of nitriles is 1. The van der Waals surface area contributed by atoms with E-state index < -0.39 is 0 Å². The third kappa shape index (κ3) is 4.55. The van der Waals surface area contributed by atoms with Crippen molar-refractivity contribution in [1.29, 1.82) is 5.26 Å². The summed E-state index contributed by atoms with van der Waals surface area (Å²) in [6.07, 6.45) is 3.27. The standard InChI is InChI=1S/C9H15NO/c1-8(2)9(7-11)5-3-4-6-10/h7-9H,3-5H2,1-2H3. The highest BCUT2D eigenvalue weighted by atomic mass is 16.1. The molecule has 0 aliphatic heterocycles. The second-order valence-corrected chi connectivity index (χ2v) is 3.09. The Morgan fingerprint density at radius 3 is 2.55 bits per heavy atom. The first-order valence-corrected chi connectivity index (χ1v) is 4.04. The van der Waals surface area contributed by atoms with Crippen molar-refractivity contribution in [3.8, 4) is 6.07 Å². The van der Waals surface area contributed by atoms with Crippen LogP contribution in [0.5, 0.6) is 0 Å². The van der Waals surface area contributed by atoms with Gasteiger partial charge in [-0.15, -0.1) is 0 Å². The molecular formula is C9H15NO. The third-order valence-corrected chi connectivity index (χ3v) is 1.86. The summed E-state index contributed by atoms with van der Waals surface area (Å²) in [4.78, 5) is 10.5. The number of unbranched alkanes of at least 4 members (excludes halogenated alkanes) is 1. The quantitative estimate of drug-likeness (QED) is 0.448. The summed E-state index contributed by atoms with van der Waals surface area (Å²) in [5.41, 5.74) is 0. The van der Waals surface area contributed by atoms with E-state index in [4.69, 9.17) is 5.26 Å². The molecule has 0 N–H and O–H groups in total. The zero-order valence-corrected chi connectivity index (χ0v) is 7.21. The van der Waals surface area contributed by atoms with Crippen molar-refractivity contribution in [3.05, 3.63) is 0 Å². The SMILES string of the molecule is CC(C)C(C=O)CCCC#N. The molecule has 0 amide bonds. The molecule has 1 unspecified atom stereocenters. The van der Waals surface area contributed by atoms with Crippen LogP contribution < -0.4 is 0 Å². The van der Waals surface area contributed by atoms with Crippen molar-refractivity contribution in [2.24, 2.45) is 11.8 Å². The molecule has 0 rings (SSSR count). The molecule has 2 heteroatoms. The minimum Gasteiger partial charge on any atom is -0.303 e. The number of hydrogen-bond acceptors (Lipinski definition) is 2. The lowest BCUT2D eigenvalue weighted by Crippen LogP contribution is -2.09. The Morgan fingerprint density at radius 1 is 1.55 bits per heavy atom. The van der Waals surface area contributed by atoms with Gasteiger partial charge in [0.1, 0.15) is 6.29 Å². The molecule has 0 saturated heterocycles. The molecule has 62 valence electrons. The van der Waals surface area contributed by atoms with E-state index in [2.05, 4.69) is 6.07 Å². The van der Waals surface area contributed by atoms with E-state index in [0.717, 1.165) is 19.1 Å². The second kappa shape index (κ2) is 5.91. The molecule has 2 nitrogen and oxygen atoms in total. The van der Waals surface area contributed by atoms with Gasteiger partial charge in [0.15, 0.2) is 0 Å². The average molecular weight is 153 g/mol. The highest BCUT2D eigenvalue weighted by molar-refractivity contribution is 5.53. The van der Waals surface area contributed by atoms with Gasteiger partial charge in [-0.25, -0.2) is 0 Å². The maximum atomic E-state index is 10.5. The first-order valence-electron chi connectivity index (χ1n) is 4.04. The summed E-state index contributed by atoms with van der Waals surface area (Å²) >= 11 is 0. The van der Waals surface area contributed by atoms with Gasteiger partial charge in [0.05, 0.1) is 6.07 Å². The van der Waals surface area contributed by atoms with Crippen LogP contribution in [0.2, 0.25) is 0 Å². The van der Waals surface area contributed by atoms with E-state index in [0.29, 0.717) is 12.3 Å². The van der Waals surface area contributed by atoms with Crippen LogP contribution in [-0.2, 0) is 4.79 Å². The van der Waals surface area contributed by atoms with Gasteiger partial charge in [-0.1, -0.05) is 13.8 Å². The van der Waals surface area contributed by atoms with Crippen LogP contribution >= 0.6 is 0 Å². The second-order valence-electron chi connectivity index (χ2n) is 3.09. The molecule has 0 heterocycles. The molecular weight excluding hydrogens is 138 g/mol. The molecule has 0 aromatic rings. The normalized spacial score (nSPS) is 12.5. The fraction of sp³-hybridized carbons (Fsp3) is 0.778. The number of carbonyl (C=O) groups is 1. The van der Waals surface area contributed by atoms with Crippen molar-refractivity contribution in [3.63, 3.8) is 0 Å². The summed E-state index contributed by atoms with van der Waals surface area (Å²) in [5, 5.41) is 8.25. The van der Waals surface area contributed by atoms with Crippen LogP contribution in [0, 0.1) is 23.2 Å². The maximum Gasteiger partial charge on any atom is 0.123 e. The predicted octanol–water partition coefficient (Wildman–Crippen LogP) is 2.15. The zero-order chi connectivity index (χ0) is 8.69. The van der Waals surface area contributed by atoms with Crippen molar-refractivity contribution < 1.29 is 4.79 Å². The van der Waals surface area contributed by atoms with Gasteiger partial charge in [-0.05, 0) is 18.8 Å². The van der Waals surface area contributed by atoms with Crippen LogP contribution in [0.3, 0.4) is 0 Å². The Labute approximate surface area is 68.2 Å². The van der Waals surface area contributed by atoms with E-state index in [-0.39, 0.29) is 5.92 Å². The molecule has 0 aromatic heterocycles. The summed E-state index contributed by atoms with van der Waals surface area (Å²) in [7, 11) is 0. The monoisotopic (exact) mass is 153 g/mol. The predicted molar refractivity (Wildman–Crippen MR) is 43.9 cm³/mol. The summed E-state index contributed by atoms with van der Waals surface area (Å²) < 4.78 is 0. The number of hydrogen-bond donors (Lipinski definition) is 0. The summed E-state index contributed by atoms with van der Waals surface area (Å²) in [6.45, 7) is 4.07. The lowest BCUT2D eigenvalue weighted by Gasteiger charge is -2.11. The Kier molecular flexibility index (Phi) is 5.46. The van der Waals surface area contributed by atoms with E-state index in [1.165, 1.54) is 0 Å². The van der Waals surface area contributed by atoms with Gasteiger partial charge >= 0.3 is 0 Å². The smallest absolute Gasteiger partial charge is 0.123 e. The lowest BCUT2D eigenvalue weighted by atomic mass is 9.92. The Hall–Kier alpha value is -0.840. The van der Waals surface area contributed by atoms with Crippen molar-refractivity contribution in [1.82, 2.24) is 0 Å². The molecule has 0 fully saturated rings. The topological polar surface area (TPSA) is 40.9 Å². The van der Waals surface area contributed by atoms with Crippen molar-refractivity contribution >= 4 is 6.29 Å². The van der Waals surface area contributed by atoms with E-state index in [1.54, 1.807) is 0 Å². The first-order chi connectivity index (χ1) is 5.22. The molecule has 11 heavy (non-hydrogen) atoms. The van der Waals surface area contributed by atoms with Crippen molar-refractivity contribution in [2.75, 3.05) is 0 Å². The molecule has 0 spiro atoms. The van der Waals surface area contributed by atoms with Crippen LogP contribution in [-0.4, -0.2) is 6.29 Å². The van der Waals surface area contributed by atoms with Crippen LogP contribution in [0.25, 0.3) is 0 Å². The molecule has 0 saturated carbocycles. The molecule has 0 aliphatic rings. The Balaban J connectivity index is 3.54. The molecule has 0 aromatic carbocycles. The molecule has 1 atom stereocenters. The largest absolute Gasteiger partial charge is 0.303 e. The van der Waals surface area contributed by atoms with E-state index in [1.807, 2.05) is 13.8 Å². The van der Waals surface area contributed by atoms with Crippen LogP contribution in [0.1, 0.15) is 33.1 Å². The number of aldehydes is 1. The molecule has 0 radical (unpaired) electrons. The number of rotatable bonds is 5. The number of nitrogens with zero attached hydrogens (tertiary/aromatic N) is 1. The fourth-order valence-corrected chi connectivity index (χ4v) is 0.975. The van der Waals surface area contributed by atoms with Gasteiger partial charge in [0, 0.05) is 12.3 Å². The minimum absolute atomic E-state index is 0.142. The average Bonchev–Trinajstić information content (AvgIpc) is 1.97. The highest BCUT2D eigenvalue weighted by Crippen LogP contribution is 2.14. The highest BCUT2D eigenvalue weighted by Gasteiger charge is 2.10. The van der Waals surface area contributed by atoms with Crippen LogP contribution in [0.4, 0.5) is 0 Å². The van der Waals surface area contributed by atoms with Gasteiger partial charge in [0.2, 0.25) is 0 Å². The van der Waals surface area contributed by atoms with E-state index in [9.17, 15) is 4.79 Å². The van der Waals surface area contributed by atoms with Gasteiger partial charge in [-0.2, -0.15) is 5.26 Å². The number of carbonyl (C=O) groups excluding carboxylic acids is 1. The molecule has 0 bridgehead atoms. The zero-order valence-electron chi connectivity index (χ0n) is 7.21. The van der Waals surface area contributed by atoms with Gasteiger partial charge in [-0.3, -0.25) is 0 Å². The Bertz CT molecular complexity index is 146. The maximum absolute atomic E-state index is 10.5. The summed E-state index contributed by atoms with van der Waals surface area (Å²) in [5.74, 6) is 0.551. The third-order valence-electron chi connectivity index (χ3n) is 1.86. The van der Waals surface area contributed by atoms with Crippen molar-refractivity contribution in [2.45, 2.75) is 33.1 Å². The van der Waals surface area contributed by atoms with Gasteiger partial charge < -0.3 is 4.79 Å². The first kappa shape index (κ1) is 10.2. The lowest BCUT2D eigenvalue weighted by molar-refractivity contribution is -0.112. The van der Waals surface area contributed by atoms with E-state index >= 15 is 0 Å². The van der Waals surface area contributed by atoms with Crippen LogP contribution in [0.15, 0.2) is 0 Å². The minimum atomic E-state index is 0.142. The Morgan fingerprint density at radius 2 is 2.18 bits per heavy atom. The molecule has 0 aliphatic carbocycles.